The van der Waals surface area contributed by atoms with Gasteiger partial charge in [-0.3, -0.25) is 4.79 Å². The summed E-state index contributed by atoms with van der Waals surface area (Å²) in [6, 6.07) is 8.52. The molecule has 1 N–H and O–H groups in total. The fourth-order valence-electron chi connectivity index (χ4n) is 2.81. The minimum Gasteiger partial charge on any atom is -0.381 e. The zero-order chi connectivity index (χ0) is 13.3. The fourth-order valence-corrected chi connectivity index (χ4v) is 2.81. The van der Waals surface area contributed by atoms with Gasteiger partial charge >= 0.3 is 0 Å². The van der Waals surface area contributed by atoms with Gasteiger partial charge in [0.15, 0.2) is 0 Å². The van der Waals surface area contributed by atoms with E-state index in [1.807, 2.05) is 0 Å². The van der Waals surface area contributed by atoms with Gasteiger partial charge in [-0.25, -0.2) is 0 Å². The minimum atomic E-state index is -0.0791. The Morgan fingerprint density at radius 1 is 1.37 bits per heavy atom. The first-order valence-electron chi connectivity index (χ1n) is 7.14. The number of rotatable bonds is 4. The average molecular weight is 259 g/mol. The maximum atomic E-state index is 12.1. The molecule has 102 valence electrons. The Kier molecular flexibility index (Phi) is 3.31. The number of aryl methyl sites for hydroxylation is 1. The Balaban J connectivity index is 1.61. The van der Waals surface area contributed by atoms with Crippen LogP contribution in [0.3, 0.4) is 0 Å². The van der Waals surface area contributed by atoms with Crippen LogP contribution in [0.25, 0.3) is 0 Å². The molecule has 19 heavy (non-hydrogen) atoms. The monoisotopic (exact) mass is 259 g/mol. The van der Waals surface area contributed by atoms with Gasteiger partial charge in [0.2, 0.25) is 5.91 Å². The van der Waals surface area contributed by atoms with Gasteiger partial charge in [-0.2, -0.15) is 0 Å². The molecule has 0 radical (unpaired) electrons. The summed E-state index contributed by atoms with van der Waals surface area (Å²) in [6.07, 6.45) is 3.74. The Hall–Kier alpha value is -1.35. The number of nitrogens with one attached hydrogen (secondary N) is 1. The van der Waals surface area contributed by atoms with Crippen LogP contribution in [-0.4, -0.2) is 19.1 Å². The lowest BCUT2D eigenvalue weighted by molar-refractivity contribution is -0.123. The molecule has 1 heterocycles. The highest BCUT2D eigenvalue weighted by Crippen LogP contribution is 2.45. The first-order chi connectivity index (χ1) is 9.18. The quantitative estimate of drug-likeness (QED) is 0.902. The molecule has 3 heteroatoms. The van der Waals surface area contributed by atoms with Gasteiger partial charge in [-0.05, 0) is 37.7 Å². The van der Waals surface area contributed by atoms with E-state index in [1.165, 1.54) is 11.1 Å². The van der Waals surface area contributed by atoms with E-state index in [1.54, 1.807) is 0 Å². The van der Waals surface area contributed by atoms with Crippen LogP contribution in [0.2, 0.25) is 0 Å². The van der Waals surface area contributed by atoms with E-state index in [0.29, 0.717) is 12.3 Å². The Bertz CT molecular complexity index is 456. The summed E-state index contributed by atoms with van der Waals surface area (Å²) in [5.74, 6) is 0.586. The zero-order valence-corrected chi connectivity index (χ0v) is 11.4. The van der Waals surface area contributed by atoms with Crippen LogP contribution in [0.5, 0.6) is 0 Å². The van der Waals surface area contributed by atoms with Gasteiger partial charge in [0.05, 0.1) is 5.54 Å². The summed E-state index contributed by atoms with van der Waals surface area (Å²) in [5.41, 5.74) is 2.42. The number of hydrogen-bond acceptors (Lipinski definition) is 2. The topological polar surface area (TPSA) is 38.3 Å². The third kappa shape index (κ3) is 2.81. The average Bonchev–Trinajstić information content (AvgIpc) is 2.98. The van der Waals surface area contributed by atoms with Crippen molar-refractivity contribution in [1.82, 2.24) is 5.32 Å². The lowest BCUT2D eigenvalue weighted by atomic mass is 10.0. The van der Waals surface area contributed by atoms with Crippen molar-refractivity contribution < 1.29 is 9.53 Å². The van der Waals surface area contributed by atoms with Gasteiger partial charge < -0.3 is 10.1 Å². The molecule has 0 spiro atoms. The molecule has 3 rings (SSSR count). The lowest BCUT2D eigenvalue weighted by Gasteiger charge is -2.19. The van der Waals surface area contributed by atoms with E-state index < -0.39 is 0 Å². The van der Waals surface area contributed by atoms with Crippen molar-refractivity contribution in [3.8, 4) is 0 Å². The van der Waals surface area contributed by atoms with E-state index in [2.05, 4.69) is 36.5 Å². The van der Waals surface area contributed by atoms with Crippen LogP contribution in [0.1, 0.15) is 36.8 Å². The van der Waals surface area contributed by atoms with Crippen LogP contribution in [0, 0.1) is 12.8 Å². The molecular formula is C16H21NO2. The van der Waals surface area contributed by atoms with Crippen molar-refractivity contribution >= 4 is 5.91 Å². The van der Waals surface area contributed by atoms with Gasteiger partial charge in [0, 0.05) is 19.6 Å². The normalized spacial score (nSPS) is 24.2. The molecule has 1 aromatic rings. The largest absolute Gasteiger partial charge is 0.381 e. The highest BCUT2D eigenvalue weighted by molar-refractivity contribution is 5.78. The molecule has 0 aromatic heterocycles. The molecule has 3 nitrogen and oxygen atoms in total. The molecule has 2 fully saturated rings. The molecule has 1 atom stereocenters. The highest BCUT2D eigenvalue weighted by Gasteiger charge is 2.45. The summed E-state index contributed by atoms with van der Waals surface area (Å²) in [4.78, 5) is 12.1. The van der Waals surface area contributed by atoms with Crippen LogP contribution in [0.15, 0.2) is 24.3 Å². The first kappa shape index (κ1) is 12.7. The van der Waals surface area contributed by atoms with Crippen molar-refractivity contribution in [3.63, 3.8) is 0 Å². The Labute approximate surface area is 114 Å². The molecule has 1 aliphatic heterocycles. The highest BCUT2D eigenvalue weighted by atomic mass is 16.5. The van der Waals surface area contributed by atoms with Gasteiger partial charge in [0.1, 0.15) is 0 Å². The molecule has 1 amide bonds. The second kappa shape index (κ2) is 4.97. The molecule has 1 aromatic carbocycles. The standard InChI is InChI=1S/C16H21NO2/c1-12-2-4-14(5-3-12)16(7-8-16)17-15(18)10-13-6-9-19-11-13/h2-5,13H,6-11H2,1H3,(H,17,18)/t13-/m1/s1. The van der Waals surface area contributed by atoms with Crippen molar-refractivity contribution in [2.24, 2.45) is 5.92 Å². The second-order valence-corrected chi connectivity index (χ2v) is 5.93. The summed E-state index contributed by atoms with van der Waals surface area (Å²) in [5, 5.41) is 3.24. The molecule has 1 saturated carbocycles. The maximum absolute atomic E-state index is 12.1. The van der Waals surface area contributed by atoms with E-state index in [9.17, 15) is 4.79 Å². The third-order valence-corrected chi connectivity index (χ3v) is 4.23. The number of amides is 1. The molecule has 2 aliphatic rings. The molecular weight excluding hydrogens is 238 g/mol. The van der Waals surface area contributed by atoms with E-state index in [4.69, 9.17) is 4.74 Å². The minimum absolute atomic E-state index is 0.0791. The summed E-state index contributed by atoms with van der Waals surface area (Å²) < 4.78 is 5.32. The number of ether oxygens (including phenoxy) is 1. The van der Waals surface area contributed by atoms with Gasteiger partial charge in [-0.15, -0.1) is 0 Å². The molecule has 0 bridgehead atoms. The summed E-state index contributed by atoms with van der Waals surface area (Å²) in [7, 11) is 0. The predicted molar refractivity (Wildman–Crippen MR) is 73.8 cm³/mol. The number of benzene rings is 1. The van der Waals surface area contributed by atoms with E-state index in [-0.39, 0.29) is 11.4 Å². The van der Waals surface area contributed by atoms with E-state index >= 15 is 0 Å². The SMILES string of the molecule is Cc1ccc(C2(NC(=O)C[C@H]3CCOC3)CC2)cc1. The maximum Gasteiger partial charge on any atom is 0.221 e. The first-order valence-corrected chi connectivity index (χ1v) is 7.14. The van der Waals surface area contributed by atoms with Crippen molar-refractivity contribution in [3.05, 3.63) is 35.4 Å². The number of hydrogen-bond donors (Lipinski definition) is 1. The van der Waals surface area contributed by atoms with Crippen molar-refractivity contribution in [1.29, 1.82) is 0 Å². The second-order valence-electron chi connectivity index (χ2n) is 5.93. The molecule has 0 unspecified atom stereocenters. The Morgan fingerprint density at radius 3 is 2.68 bits per heavy atom. The van der Waals surface area contributed by atoms with Crippen LogP contribution in [0.4, 0.5) is 0 Å². The molecule has 1 aliphatic carbocycles. The fraction of sp³-hybridized carbons (Fsp3) is 0.562. The van der Waals surface area contributed by atoms with E-state index in [0.717, 1.165) is 32.5 Å². The lowest BCUT2D eigenvalue weighted by Crippen LogP contribution is -2.35. The number of carbonyl (C=O) groups excluding carboxylic acids is 1. The zero-order valence-electron chi connectivity index (χ0n) is 11.4. The number of carbonyl (C=O) groups is 1. The van der Waals surface area contributed by atoms with Crippen LogP contribution < -0.4 is 5.32 Å². The Morgan fingerprint density at radius 2 is 2.11 bits per heavy atom. The molecule has 1 saturated heterocycles. The smallest absolute Gasteiger partial charge is 0.221 e. The van der Waals surface area contributed by atoms with Gasteiger partial charge in [-0.1, -0.05) is 29.8 Å². The van der Waals surface area contributed by atoms with Crippen LogP contribution in [-0.2, 0) is 15.1 Å². The summed E-state index contributed by atoms with van der Waals surface area (Å²) in [6.45, 7) is 3.63. The third-order valence-electron chi connectivity index (χ3n) is 4.23. The van der Waals surface area contributed by atoms with Gasteiger partial charge in [0.25, 0.3) is 0 Å². The van der Waals surface area contributed by atoms with Crippen molar-refractivity contribution in [2.45, 2.75) is 38.1 Å². The summed E-state index contributed by atoms with van der Waals surface area (Å²) >= 11 is 0. The van der Waals surface area contributed by atoms with Crippen LogP contribution >= 0.6 is 0 Å². The van der Waals surface area contributed by atoms with Crippen molar-refractivity contribution in [2.75, 3.05) is 13.2 Å². The predicted octanol–water partition coefficient (Wildman–Crippen LogP) is 2.53.